The van der Waals surface area contributed by atoms with Gasteiger partial charge < -0.3 is 14.4 Å². The third-order valence-electron chi connectivity index (χ3n) is 4.99. The molecule has 0 spiro atoms. The van der Waals surface area contributed by atoms with Crippen LogP contribution in [0.3, 0.4) is 0 Å². The SMILES string of the molecule is CN(C)CC1CC(c2ccc(OC(F)(F)F)cc2)N1Cc1ccccc1OC(F)(F)F. The Morgan fingerprint density at radius 2 is 1.52 bits per heavy atom. The molecule has 0 aliphatic carbocycles. The monoisotopic (exact) mass is 448 g/mol. The van der Waals surface area contributed by atoms with Gasteiger partial charge in [-0.15, -0.1) is 26.3 Å². The summed E-state index contributed by atoms with van der Waals surface area (Å²) >= 11 is 0. The Bertz CT molecular complexity index is 867. The molecule has 170 valence electrons. The quantitative estimate of drug-likeness (QED) is 0.533. The molecule has 2 unspecified atom stereocenters. The largest absolute Gasteiger partial charge is 0.573 e. The molecule has 0 N–H and O–H groups in total. The van der Waals surface area contributed by atoms with E-state index in [2.05, 4.69) is 9.47 Å². The van der Waals surface area contributed by atoms with Crippen LogP contribution in [0.2, 0.25) is 0 Å². The Morgan fingerprint density at radius 3 is 2.10 bits per heavy atom. The lowest BCUT2D eigenvalue weighted by atomic mass is 9.86. The van der Waals surface area contributed by atoms with Crippen molar-refractivity contribution in [3.63, 3.8) is 0 Å². The van der Waals surface area contributed by atoms with Crippen LogP contribution in [-0.2, 0) is 6.54 Å². The first kappa shape index (κ1) is 23.2. The van der Waals surface area contributed by atoms with E-state index in [1.54, 1.807) is 24.3 Å². The highest BCUT2D eigenvalue weighted by atomic mass is 19.4. The van der Waals surface area contributed by atoms with Crippen molar-refractivity contribution in [3.05, 3.63) is 59.7 Å². The lowest BCUT2D eigenvalue weighted by molar-refractivity contribution is -0.275. The second kappa shape index (κ2) is 8.96. The fraction of sp³-hybridized carbons (Fsp3) is 0.429. The average Bonchev–Trinajstić information content (AvgIpc) is 2.62. The molecule has 0 aromatic heterocycles. The molecule has 2 atom stereocenters. The van der Waals surface area contributed by atoms with Gasteiger partial charge in [-0.2, -0.15) is 0 Å². The summed E-state index contributed by atoms with van der Waals surface area (Å²) in [5.74, 6) is -0.589. The van der Waals surface area contributed by atoms with Gasteiger partial charge in [0, 0.05) is 30.7 Å². The topological polar surface area (TPSA) is 24.9 Å². The number of likely N-dealkylation sites (N-methyl/N-ethyl adjacent to an activating group) is 1. The van der Waals surface area contributed by atoms with E-state index >= 15 is 0 Å². The number of alkyl halides is 6. The number of hydrogen-bond acceptors (Lipinski definition) is 4. The highest BCUT2D eigenvalue weighted by Gasteiger charge is 2.40. The van der Waals surface area contributed by atoms with Crippen LogP contribution in [0.25, 0.3) is 0 Å². The normalized spacial score (nSPS) is 19.9. The fourth-order valence-electron chi connectivity index (χ4n) is 3.76. The van der Waals surface area contributed by atoms with Crippen LogP contribution >= 0.6 is 0 Å². The van der Waals surface area contributed by atoms with Crippen molar-refractivity contribution >= 4 is 0 Å². The van der Waals surface area contributed by atoms with Crippen LogP contribution in [0.5, 0.6) is 11.5 Å². The van der Waals surface area contributed by atoms with Crippen LogP contribution in [0, 0.1) is 0 Å². The standard InChI is InChI=1S/C21H22F6N2O2/c1-28(2)13-16-11-18(14-7-9-17(10-8-14)30-20(22,23)24)29(16)12-15-5-3-4-6-19(15)31-21(25,26)27/h3-10,16,18H,11-13H2,1-2H3. The van der Waals surface area contributed by atoms with Crippen molar-refractivity contribution in [2.45, 2.75) is 37.8 Å². The zero-order chi connectivity index (χ0) is 22.8. The highest BCUT2D eigenvalue weighted by Crippen LogP contribution is 2.42. The van der Waals surface area contributed by atoms with E-state index in [9.17, 15) is 26.3 Å². The van der Waals surface area contributed by atoms with Crippen molar-refractivity contribution in [1.82, 2.24) is 9.80 Å². The molecule has 1 aliphatic rings. The molecular weight excluding hydrogens is 426 g/mol. The number of hydrogen-bond donors (Lipinski definition) is 0. The molecule has 10 heteroatoms. The minimum atomic E-state index is -4.80. The van der Waals surface area contributed by atoms with Gasteiger partial charge in [0.15, 0.2) is 0 Å². The Morgan fingerprint density at radius 1 is 0.903 bits per heavy atom. The molecule has 2 aromatic carbocycles. The Kier molecular flexibility index (Phi) is 6.70. The number of rotatable bonds is 7. The van der Waals surface area contributed by atoms with Gasteiger partial charge in [-0.05, 0) is 44.3 Å². The first-order valence-electron chi connectivity index (χ1n) is 9.51. The third-order valence-corrected chi connectivity index (χ3v) is 4.99. The number of likely N-dealkylation sites (tertiary alicyclic amines) is 1. The molecule has 1 fully saturated rings. The predicted molar refractivity (Wildman–Crippen MR) is 101 cm³/mol. The van der Waals surface area contributed by atoms with E-state index < -0.39 is 12.7 Å². The predicted octanol–water partition coefficient (Wildman–Crippen LogP) is 5.36. The van der Waals surface area contributed by atoms with E-state index in [0.29, 0.717) is 12.1 Å². The summed E-state index contributed by atoms with van der Waals surface area (Å²) in [6, 6.07) is 11.4. The molecule has 31 heavy (non-hydrogen) atoms. The Labute approximate surface area is 176 Å². The second-order valence-corrected chi connectivity index (χ2v) is 7.61. The van der Waals surface area contributed by atoms with Gasteiger partial charge in [0.05, 0.1) is 0 Å². The first-order valence-corrected chi connectivity index (χ1v) is 9.51. The second-order valence-electron chi connectivity index (χ2n) is 7.61. The minimum absolute atomic E-state index is 0.0741. The van der Waals surface area contributed by atoms with Crippen molar-refractivity contribution < 1.29 is 35.8 Å². The molecule has 4 nitrogen and oxygen atoms in total. The summed E-state index contributed by atoms with van der Waals surface area (Å²) in [6.45, 7) is 0.893. The summed E-state index contributed by atoms with van der Waals surface area (Å²) in [4.78, 5) is 4.00. The van der Waals surface area contributed by atoms with Gasteiger partial charge >= 0.3 is 12.7 Å². The molecule has 0 amide bonds. The van der Waals surface area contributed by atoms with Crippen LogP contribution in [0.15, 0.2) is 48.5 Å². The van der Waals surface area contributed by atoms with Gasteiger partial charge in [-0.3, -0.25) is 4.90 Å². The molecule has 0 radical (unpaired) electrons. The zero-order valence-corrected chi connectivity index (χ0v) is 16.9. The maximum atomic E-state index is 12.8. The molecule has 1 aliphatic heterocycles. The number of ether oxygens (including phenoxy) is 2. The molecule has 2 aromatic rings. The van der Waals surface area contributed by atoms with Gasteiger partial charge in [0.25, 0.3) is 0 Å². The van der Waals surface area contributed by atoms with Crippen molar-refractivity contribution in [1.29, 1.82) is 0 Å². The fourth-order valence-corrected chi connectivity index (χ4v) is 3.76. The summed E-state index contributed by atoms with van der Waals surface area (Å²) in [5, 5.41) is 0. The van der Waals surface area contributed by atoms with Crippen LogP contribution in [-0.4, -0.2) is 49.2 Å². The lowest BCUT2D eigenvalue weighted by Crippen LogP contribution is -2.53. The number of benzene rings is 2. The molecule has 3 rings (SSSR count). The van der Waals surface area contributed by atoms with E-state index in [1.165, 1.54) is 24.3 Å². The summed E-state index contributed by atoms with van der Waals surface area (Å²) in [5.41, 5.74) is 1.14. The highest BCUT2D eigenvalue weighted by molar-refractivity contribution is 5.35. The summed E-state index contributed by atoms with van der Waals surface area (Å²) in [6.07, 6.45) is -8.86. The summed E-state index contributed by atoms with van der Waals surface area (Å²) in [7, 11) is 3.80. The van der Waals surface area contributed by atoms with E-state index in [0.717, 1.165) is 12.0 Å². The third kappa shape index (κ3) is 6.51. The maximum absolute atomic E-state index is 12.8. The zero-order valence-electron chi connectivity index (χ0n) is 16.9. The number of nitrogens with zero attached hydrogens (tertiary/aromatic N) is 2. The smallest absolute Gasteiger partial charge is 0.406 e. The van der Waals surface area contributed by atoms with Crippen LogP contribution in [0.1, 0.15) is 23.6 Å². The Balaban J connectivity index is 1.80. The van der Waals surface area contributed by atoms with E-state index in [1.807, 2.05) is 23.9 Å². The lowest BCUT2D eigenvalue weighted by Gasteiger charge is -2.50. The average molecular weight is 448 g/mol. The molecule has 1 heterocycles. The minimum Gasteiger partial charge on any atom is -0.406 e. The molecular formula is C21H22F6N2O2. The van der Waals surface area contributed by atoms with Gasteiger partial charge in [-0.25, -0.2) is 0 Å². The van der Waals surface area contributed by atoms with E-state index in [-0.39, 0.29) is 30.1 Å². The van der Waals surface area contributed by atoms with Gasteiger partial charge in [-0.1, -0.05) is 30.3 Å². The molecule has 0 saturated carbocycles. The van der Waals surface area contributed by atoms with Crippen molar-refractivity contribution in [2.24, 2.45) is 0 Å². The first-order chi connectivity index (χ1) is 14.4. The molecule has 1 saturated heterocycles. The van der Waals surface area contributed by atoms with Gasteiger partial charge in [0.1, 0.15) is 11.5 Å². The van der Waals surface area contributed by atoms with Crippen molar-refractivity contribution in [3.8, 4) is 11.5 Å². The number of halogens is 6. The summed E-state index contributed by atoms with van der Waals surface area (Å²) < 4.78 is 83.5. The number of para-hydroxylation sites is 1. The maximum Gasteiger partial charge on any atom is 0.573 e. The van der Waals surface area contributed by atoms with E-state index in [4.69, 9.17) is 0 Å². The van der Waals surface area contributed by atoms with Gasteiger partial charge in [0.2, 0.25) is 0 Å². The van der Waals surface area contributed by atoms with Crippen LogP contribution in [0.4, 0.5) is 26.3 Å². The van der Waals surface area contributed by atoms with Crippen molar-refractivity contribution in [2.75, 3.05) is 20.6 Å². The molecule has 0 bridgehead atoms. The van der Waals surface area contributed by atoms with Crippen LogP contribution < -0.4 is 9.47 Å². The Hall–Kier alpha value is -2.46.